The molecule has 236 valence electrons. The zero-order valence-electron chi connectivity index (χ0n) is 22.8. The monoisotopic (exact) mass is 668 g/mol. The molecule has 0 aliphatic heterocycles. The van der Waals surface area contributed by atoms with Crippen molar-refractivity contribution in [1.29, 1.82) is 0 Å². The summed E-state index contributed by atoms with van der Waals surface area (Å²) in [6, 6.07) is 15.7. The standard InChI is InChI=1S/C26H20N8O10S2/c27-44-46(42,43)15-10-13-11-19(45(39,40)41)21(34-33-17-9-5-4-8-16(17)23(36)37)22(35)20(13)18(12-15)29-25-30-24(31-26(38)32-25)28-14-6-2-1-3-7-14/h1-12,35H,27H2,(H,36,37)(H,39,40,41)(H3,28,29,30,31,32,38). The normalized spacial score (nSPS) is 12.0. The molecule has 0 saturated carbocycles. The Morgan fingerprint density at radius 1 is 0.848 bits per heavy atom. The summed E-state index contributed by atoms with van der Waals surface area (Å²) >= 11 is 0. The molecular weight excluding hydrogens is 648 g/mol. The fraction of sp³-hybridized carbons (Fsp3) is 0. The molecule has 5 aromatic rings. The molecule has 1 aromatic heterocycles. The first-order chi connectivity index (χ1) is 21.8. The van der Waals surface area contributed by atoms with Crippen molar-refractivity contribution in [2.24, 2.45) is 16.1 Å². The van der Waals surface area contributed by atoms with Crippen molar-refractivity contribution in [1.82, 2.24) is 15.0 Å². The number of anilines is 4. The van der Waals surface area contributed by atoms with Crippen LogP contribution in [0.3, 0.4) is 0 Å². The van der Waals surface area contributed by atoms with Crippen LogP contribution in [0.25, 0.3) is 10.8 Å². The molecule has 0 aliphatic rings. The van der Waals surface area contributed by atoms with E-state index in [9.17, 15) is 41.5 Å². The van der Waals surface area contributed by atoms with E-state index < -0.39 is 53.4 Å². The molecule has 0 radical (unpaired) electrons. The number of nitrogens with one attached hydrogen (secondary N) is 2. The van der Waals surface area contributed by atoms with Crippen molar-refractivity contribution >= 4 is 71.6 Å². The Morgan fingerprint density at radius 3 is 2.15 bits per heavy atom. The number of carboxylic acid groups (broad SMARTS) is 1. The molecule has 0 spiro atoms. The first kappa shape index (κ1) is 31.6. The molecule has 0 unspecified atom stereocenters. The summed E-state index contributed by atoms with van der Waals surface area (Å²) in [5.41, 5.74) is -1.16. The van der Waals surface area contributed by atoms with Crippen LogP contribution >= 0.6 is 0 Å². The second-order valence-electron chi connectivity index (χ2n) is 9.09. The lowest BCUT2D eigenvalue weighted by Crippen LogP contribution is -2.12. The fourth-order valence-corrected chi connectivity index (χ4v) is 5.45. The fourth-order valence-electron chi connectivity index (χ4n) is 4.14. The SMILES string of the molecule is NOS(=O)(=O)c1cc(Nc2nc(O)nc(Nc3ccccc3)n2)c2c(O)c(N=Nc3ccccc3C(=O)O)c(S(=O)(=O)O)cc2c1. The van der Waals surface area contributed by atoms with E-state index in [-0.39, 0.29) is 39.6 Å². The van der Waals surface area contributed by atoms with Crippen molar-refractivity contribution in [3.63, 3.8) is 0 Å². The summed E-state index contributed by atoms with van der Waals surface area (Å²) in [5.74, 6) is 2.08. The molecule has 0 amide bonds. The van der Waals surface area contributed by atoms with Gasteiger partial charge in [-0.2, -0.15) is 42.0 Å². The van der Waals surface area contributed by atoms with Crippen LogP contribution in [0.5, 0.6) is 11.8 Å². The Hall–Kier alpha value is -5.80. The molecule has 0 fully saturated rings. The third-order valence-corrected chi connectivity index (χ3v) is 8.04. The van der Waals surface area contributed by atoms with Gasteiger partial charge < -0.3 is 26.0 Å². The van der Waals surface area contributed by atoms with E-state index in [0.29, 0.717) is 5.69 Å². The van der Waals surface area contributed by atoms with Crippen LogP contribution in [0.4, 0.5) is 34.6 Å². The number of hydrogen-bond acceptors (Lipinski definition) is 16. The number of carbonyl (C=O) groups is 1. The average Bonchev–Trinajstić information content (AvgIpc) is 3.00. The van der Waals surface area contributed by atoms with Crippen LogP contribution in [-0.4, -0.2) is 57.6 Å². The number of fused-ring (bicyclic) bond motifs is 1. The molecule has 20 heteroatoms. The molecule has 46 heavy (non-hydrogen) atoms. The summed E-state index contributed by atoms with van der Waals surface area (Å²) in [6.07, 6.45) is 0. The van der Waals surface area contributed by atoms with E-state index in [1.165, 1.54) is 24.3 Å². The van der Waals surface area contributed by atoms with Crippen LogP contribution in [0.2, 0.25) is 0 Å². The van der Waals surface area contributed by atoms with Crippen LogP contribution in [0.15, 0.2) is 92.8 Å². The second-order valence-corrected chi connectivity index (χ2v) is 12.0. The number of carboxylic acids is 1. The van der Waals surface area contributed by atoms with Gasteiger partial charge in [-0.25, -0.2) is 4.79 Å². The molecule has 5 rings (SSSR count). The van der Waals surface area contributed by atoms with Gasteiger partial charge in [-0.3, -0.25) is 4.55 Å². The van der Waals surface area contributed by atoms with E-state index in [4.69, 9.17) is 5.90 Å². The first-order valence-corrected chi connectivity index (χ1v) is 15.3. The highest BCUT2D eigenvalue weighted by atomic mass is 32.2. The summed E-state index contributed by atoms with van der Waals surface area (Å²) in [5, 5.41) is 43.3. The van der Waals surface area contributed by atoms with E-state index in [1.54, 1.807) is 30.3 Å². The summed E-state index contributed by atoms with van der Waals surface area (Å²) in [7, 11) is -9.84. The lowest BCUT2D eigenvalue weighted by atomic mass is 10.1. The number of aromatic hydroxyl groups is 2. The van der Waals surface area contributed by atoms with Gasteiger partial charge in [0.1, 0.15) is 16.3 Å². The van der Waals surface area contributed by atoms with Crippen molar-refractivity contribution in [3.8, 4) is 11.8 Å². The maximum Gasteiger partial charge on any atom is 0.337 e. The van der Waals surface area contributed by atoms with Gasteiger partial charge in [0.15, 0.2) is 5.75 Å². The number of rotatable bonds is 10. The van der Waals surface area contributed by atoms with Gasteiger partial charge >= 0.3 is 22.1 Å². The Balaban J connectivity index is 1.74. The molecule has 4 aromatic carbocycles. The minimum atomic E-state index is -5.18. The molecular formula is C26H20N8O10S2. The Kier molecular flexibility index (Phi) is 8.45. The van der Waals surface area contributed by atoms with Crippen molar-refractivity contribution in [2.45, 2.75) is 9.79 Å². The average molecular weight is 669 g/mol. The number of aromatic nitrogens is 3. The smallest absolute Gasteiger partial charge is 0.337 e. The highest BCUT2D eigenvalue weighted by Crippen LogP contribution is 2.46. The molecule has 0 atom stereocenters. The lowest BCUT2D eigenvalue weighted by Gasteiger charge is -2.15. The minimum Gasteiger partial charge on any atom is -0.505 e. The number of hydrogen-bond donors (Lipinski definition) is 7. The zero-order chi connectivity index (χ0) is 33.2. The van der Waals surface area contributed by atoms with E-state index in [1.807, 2.05) is 0 Å². The largest absolute Gasteiger partial charge is 0.505 e. The summed E-state index contributed by atoms with van der Waals surface area (Å²) < 4.78 is 64.0. The molecule has 1 heterocycles. The Bertz CT molecular complexity index is 2250. The number of para-hydroxylation sites is 1. The maximum absolute atomic E-state index is 12.6. The molecule has 0 aliphatic carbocycles. The molecule has 0 saturated heterocycles. The number of azo groups is 1. The van der Waals surface area contributed by atoms with Crippen molar-refractivity contribution in [3.05, 3.63) is 78.4 Å². The van der Waals surface area contributed by atoms with Crippen molar-refractivity contribution < 1.29 is 45.8 Å². The quantitative estimate of drug-likeness (QED) is 0.0631. The second kappa shape index (κ2) is 12.3. The number of nitrogens with zero attached hydrogens (tertiary/aromatic N) is 5. The van der Waals surface area contributed by atoms with Crippen molar-refractivity contribution in [2.75, 3.05) is 10.6 Å². The van der Waals surface area contributed by atoms with Gasteiger partial charge in [0.25, 0.3) is 10.1 Å². The van der Waals surface area contributed by atoms with Gasteiger partial charge in [-0.1, -0.05) is 30.3 Å². The zero-order valence-corrected chi connectivity index (χ0v) is 24.4. The lowest BCUT2D eigenvalue weighted by molar-refractivity contribution is 0.0697. The third kappa shape index (κ3) is 6.64. The third-order valence-electron chi connectivity index (χ3n) is 6.11. The highest BCUT2D eigenvalue weighted by molar-refractivity contribution is 7.86. The van der Waals surface area contributed by atoms with E-state index in [0.717, 1.165) is 18.2 Å². The molecule has 18 nitrogen and oxygen atoms in total. The number of aromatic carboxylic acids is 1. The molecule has 0 bridgehead atoms. The van der Waals surface area contributed by atoms with Crippen LogP contribution < -0.4 is 16.5 Å². The van der Waals surface area contributed by atoms with E-state index in [2.05, 4.69) is 40.1 Å². The topological polar surface area (TPSA) is 289 Å². The van der Waals surface area contributed by atoms with Crippen LogP contribution in [0.1, 0.15) is 10.4 Å². The number of phenolic OH excluding ortho intramolecular Hbond substituents is 1. The molecule has 8 N–H and O–H groups in total. The highest BCUT2D eigenvalue weighted by Gasteiger charge is 2.27. The predicted octanol–water partition coefficient (Wildman–Crippen LogP) is 3.86. The Labute approximate surface area is 258 Å². The van der Waals surface area contributed by atoms with Crippen LogP contribution in [-0.2, 0) is 24.5 Å². The first-order valence-electron chi connectivity index (χ1n) is 12.5. The number of nitrogens with two attached hydrogens (primary N) is 1. The summed E-state index contributed by atoms with van der Waals surface area (Å²) in [4.78, 5) is 21.6. The summed E-state index contributed by atoms with van der Waals surface area (Å²) in [6.45, 7) is 0. The Morgan fingerprint density at radius 2 is 1.50 bits per heavy atom. The van der Waals surface area contributed by atoms with Gasteiger partial charge in [0.2, 0.25) is 11.9 Å². The minimum absolute atomic E-state index is 0.149. The maximum atomic E-state index is 12.6. The van der Waals surface area contributed by atoms with Gasteiger partial charge in [0.05, 0.1) is 16.1 Å². The van der Waals surface area contributed by atoms with Gasteiger partial charge in [-0.15, -0.1) is 10.2 Å². The predicted molar refractivity (Wildman–Crippen MR) is 160 cm³/mol. The number of benzene rings is 4. The van der Waals surface area contributed by atoms with Crippen LogP contribution in [0, 0.1) is 0 Å². The van der Waals surface area contributed by atoms with Gasteiger partial charge in [0, 0.05) is 11.1 Å². The van der Waals surface area contributed by atoms with Gasteiger partial charge in [-0.05, 0) is 47.9 Å². The van der Waals surface area contributed by atoms with E-state index >= 15 is 0 Å². The number of phenols is 1.